The van der Waals surface area contributed by atoms with E-state index in [0.29, 0.717) is 18.0 Å². The molecule has 14 heavy (non-hydrogen) atoms. The van der Waals surface area contributed by atoms with Crippen molar-refractivity contribution in [3.8, 4) is 0 Å². The summed E-state index contributed by atoms with van der Waals surface area (Å²) in [7, 11) is 0. The van der Waals surface area contributed by atoms with Crippen LogP contribution in [0.2, 0.25) is 0 Å². The number of thiocarbonyl (C=S) groups is 1. The highest BCUT2D eigenvalue weighted by Crippen LogP contribution is 2.04. The first kappa shape index (κ1) is 12.8. The normalized spacial score (nSPS) is 8.57. The largest absolute Gasteiger partial charge is 0.241 e. The Kier molecular flexibility index (Phi) is 9.12. The third-order valence-electron chi connectivity index (χ3n) is 1.65. The summed E-state index contributed by atoms with van der Waals surface area (Å²) < 4.78 is 0. The van der Waals surface area contributed by atoms with E-state index in [1.807, 2.05) is 0 Å². The van der Waals surface area contributed by atoms with Crippen LogP contribution in [0.1, 0.15) is 32.1 Å². The molecule has 4 nitrogen and oxygen atoms in total. The maximum absolute atomic E-state index is 9.79. The molecule has 0 aromatic heterocycles. The van der Waals surface area contributed by atoms with Crippen LogP contribution in [0.15, 0.2) is 9.98 Å². The summed E-state index contributed by atoms with van der Waals surface area (Å²) >= 11 is 4.77. The van der Waals surface area contributed by atoms with Crippen molar-refractivity contribution in [1.29, 1.82) is 0 Å². The number of hydrogen-bond donors (Lipinski definition) is 0. The number of carbonyl (C=O) groups excluding carboxylic acids is 2. The SMILES string of the molecule is O=C=NCCCCCCC(=S)N=C=O. The Hall–Kier alpha value is -1.15. The molecule has 0 aromatic rings. The van der Waals surface area contributed by atoms with Gasteiger partial charge in [0.1, 0.15) is 4.99 Å². The average molecular weight is 212 g/mol. The number of unbranched alkanes of at least 4 members (excludes halogenated alkanes) is 3. The summed E-state index contributed by atoms with van der Waals surface area (Å²) in [6.45, 7) is 0.542. The second-order valence-electron chi connectivity index (χ2n) is 2.73. The molecule has 0 saturated heterocycles. The third-order valence-corrected chi connectivity index (χ3v) is 1.94. The van der Waals surface area contributed by atoms with Crippen molar-refractivity contribution < 1.29 is 9.59 Å². The first-order valence-electron chi connectivity index (χ1n) is 4.45. The summed E-state index contributed by atoms with van der Waals surface area (Å²) in [5.41, 5.74) is 0. The first-order valence-corrected chi connectivity index (χ1v) is 4.86. The van der Waals surface area contributed by atoms with Crippen LogP contribution >= 0.6 is 12.2 Å². The quantitative estimate of drug-likeness (QED) is 0.280. The summed E-state index contributed by atoms with van der Waals surface area (Å²) in [5.74, 6) is 0. The molecular weight excluding hydrogens is 200 g/mol. The molecule has 0 bridgehead atoms. The van der Waals surface area contributed by atoms with Crippen molar-refractivity contribution >= 4 is 29.4 Å². The predicted octanol–water partition coefficient (Wildman–Crippen LogP) is 1.94. The van der Waals surface area contributed by atoms with Crippen LogP contribution in [-0.2, 0) is 9.59 Å². The van der Waals surface area contributed by atoms with E-state index >= 15 is 0 Å². The zero-order chi connectivity index (χ0) is 10.6. The number of nitrogens with zero attached hydrogens (tertiary/aromatic N) is 2. The molecule has 0 fully saturated rings. The summed E-state index contributed by atoms with van der Waals surface area (Å²) in [5, 5.41) is 0. The number of aliphatic imine (C=N–C) groups is 2. The molecule has 0 N–H and O–H groups in total. The van der Waals surface area contributed by atoms with E-state index in [9.17, 15) is 9.59 Å². The Balaban J connectivity index is 3.25. The van der Waals surface area contributed by atoms with Crippen molar-refractivity contribution in [2.75, 3.05) is 6.54 Å². The van der Waals surface area contributed by atoms with Crippen LogP contribution in [0, 0.1) is 0 Å². The lowest BCUT2D eigenvalue weighted by molar-refractivity contribution is 0.561. The maximum Gasteiger partial charge on any atom is 0.241 e. The van der Waals surface area contributed by atoms with Crippen molar-refractivity contribution in [3.63, 3.8) is 0 Å². The van der Waals surface area contributed by atoms with Gasteiger partial charge in [-0.2, -0.15) is 4.99 Å². The highest BCUT2D eigenvalue weighted by Gasteiger charge is 1.94. The molecule has 0 amide bonds. The lowest BCUT2D eigenvalue weighted by Gasteiger charge is -1.96. The molecule has 0 unspecified atom stereocenters. The fourth-order valence-corrected chi connectivity index (χ4v) is 1.15. The fraction of sp³-hybridized carbons (Fsp3) is 0.667. The van der Waals surface area contributed by atoms with Crippen molar-refractivity contribution in [3.05, 3.63) is 0 Å². The van der Waals surface area contributed by atoms with Gasteiger partial charge in [0.2, 0.25) is 12.2 Å². The molecule has 0 aliphatic rings. The van der Waals surface area contributed by atoms with Gasteiger partial charge in [0.25, 0.3) is 0 Å². The van der Waals surface area contributed by atoms with Crippen LogP contribution in [0.4, 0.5) is 0 Å². The first-order chi connectivity index (χ1) is 6.81. The molecule has 76 valence electrons. The van der Waals surface area contributed by atoms with E-state index < -0.39 is 0 Å². The van der Waals surface area contributed by atoms with E-state index in [-0.39, 0.29) is 0 Å². The lowest BCUT2D eigenvalue weighted by Crippen LogP contribution is -1.89. The molecule has 0 aromatic carbocycles. The van der Waals surface area contributed by atoms with Gasteiger partial charge < -0.3 is 0 Å². The fourth-order valence-electron chi connectivity index (χ4n) is 0.973. The predicted molar refractivity (Wildman–Crippen MR) is 56.8 cm³/mol. The Morgan fingerprint density at radius 1 is 1.07 bits per heavy atom. The smallest absolute Gasteiger partial charge is 0.211 e. The topological polar surface area (TPSA) is 58.9 Å². The Morgan fingerprint density at radius 2 is 1.79 bits per heavy atom. The summed E-state index contributed by atoms with van der Waals surface area (Å²) in [6, 6.07) is 0. The molecule has 5 heteroatoms. The highest BCUT2D eigenvalue weighted by molar-refractivity contribution is 7.80. The van der Waals surface area contributed by atoms with Crippen LogP contribution in [-0.4, -0.2) is 23.7 Å². The molecule has 0 radical (unpaired) electrons. The van der Waals surface area contributed by atoms with Crippen molar-refractivity contribution in [1.82, 2.24) is 0 Å². The number of hydrogen-bond acceptors (Lipinski definition) is 4. The summed E-state index contributed by atoms with van der Waals surface area (Å²) in [4.78, 5) is 26.7. The average Bonchev–Trinajstić information content (AvgIpc) is 2.17. The minimum absolute atomic E-state index is 0.408. The van der Waals surface area contributed by atoms with Crippen molar-refractivity contribution in [2.45, 2.75) is 32.1 Å². The van der Waals surface area contributed by atoms with E-state index in [2.05, 4.69) is 9.98 Å². The zero-order valence-electron chi connectivity index (χ0n) is 7.86. The van der Waals surface area contributed by atoms with E-state index in [1.54, 1.807) is 0 Å². The number of isocyanates is 2. The lowest BCUT2D eigenvalue weighted by atomic mass is 10.1. The molecule has 0 saturated carbocycles. The van der Waals surface area contributed by atoms with E-state index in [0.717, 1.165) is 25.7 Å². The zero-order valence-corrected chi connectivity index (χ0v) is 8.68. The van der Waals surface area contributed by atoms with E-state index in [4.69, 9.17) is 12.2 Å². The molecule has 0 heterocycles. The Labute approximate surface area is 88.1 Å². The van der Waals surface area contributed by atoms with Crippen LogP contribution in [0.5, 0.6) is 0 Å². The molecule has 0 spiro atoms. The maximum atomic E-state index is 9.79. The van der Waals surface area contributed by atoms with Crippen LogP contribution in [0.3, 0.4) is 0 Å². The van der Waals surface area contributed by atoms with Gasteiger partial charge in [0, 0.05) is 6.42 Å². The highest BCUT2D eigenvalue weighted by atomic mass is 32.1. The molecule has 0 aliphatic carbocycles. The van der Waals surface area contributed by atoms with Gasteiger partial charge in [-0.25, -0.2) is 14.6 Å². The van der Waals surface area contributed by atoms with E-state index in [1.165, 1.54) is 12.2 Å². The Morgan fingerprint density at radius 3 is 2.43 bits per heavy atom. The van der Waals surface area contributed by atoms with Crippen LogP contribution < -0.4 is 0 Å². The second-order valence-corrected chi connectivity index (χ2v) is 3.21. The van der Waals surface area contributed by atoms with Gasteiger partial charge in [0.05, 0.1) is 6.54 Å². The van der Waals surface area contributed by atoms with Crippen molar-refractivity contribution in [2.24, 2.45) is 9.98 Å². The van der Waals surface area contributed by atoms with Gasteiger partial charge in [-0.3, -0.25) is 0 Å². The van der Waals surface area contributed by atoms with Gasteiger partial charge in [-0.1, -0.05) is 25.1 Å². The van der Waals surface area contributed by atoms with Gasteiger partial charge >= 0.3 is 0 Å². The van der Waals surface area contributed by atoms with Crippen LogP contribution in [0.25, 0.3) is 0 Å². The third kappa shape index (κ3) is 8.94. The molecule has 0 atom stereocenters. The van der Waals surface area contributed by atoms with Gasteiger partial charge in [-0.15, -0.1) is 0 Å². The van der Waals surface area contributed by atoms with Gasteiger partial charge in [0.15, 0.2) is 0 Å². The van der Waals surface area contributed by atoms with Gasteiger partial charge in [-0.05, 0) is 12.8 Å². The Bertz CT molecular complexity index is 266. The monoisotopic (exact) mass is 212 g/mol. The standard InChI is InChI=1S/C9H12N2O2S/c12-7-10-6-4-2-1-3-5-9(14)11-8-13/h1-6H2. The second kappa shape index (κ2) is 9.93. The molecule has 0 rings (SSSR count). The minimum Gasteiger partial charge on any atom is -0.211 e. The molecule has 0 aliphatic heterocycles. The molecular formula is C9H12N2O2S. The summed E-state index contributed by atoms with van der Waals surface area (Å²) in [6.07, 6.45) is 7.36. The minimum atomic E-state index is 0.408. The number of rotatable bonds is 7.